The summed E-state index contributed by atoms with van der Waals surface area (Å²) >= 11 is 0. The fraction of sp³-hybridized carbons (Fsp3) is 0.415. The molecule has 6 rings (SSSR count). The van der Waals surface area contributed by atoms with E-state index >= 15 is 0 Å². The highest BCUT2D eigenvalue weighted by molar-refractivity contribution is 5.44. The minimum absolute atomic E-state index is 0.394. The van der Waals surface area contributed by atoms with Crippen LogP contribution >= 0.6 is 0 Å². The van der Waals surface area contributed by atoms with Gasteiger partial charge in [-0.3, -0.25) is 0 Å². The zero-order valence-corrected chi connectivity index (χ0v) is 26.0. The molecule has 2 fully saturated rings. The van der Waals surface area contributed by atoms with Crippen molar-refractivity contribution < 1.29 is 10.2 Å². The second-order valence-electron chi connectivity index (χ2n) is 13.6. The summed E-state index contributed by atoms with van der Waals surface area (Å²) < 4.78 is 0. The Hall–Kier alpha value is -3.52. The first kappa shape index (κ1) is 29.5. The Morgan fingerprint density at radius 1 is 0.558 bits per heavy atom. The molecule has 6 unspecified atom stereocenters. The molecule has 4 aromatic carbocycles. The van der Waals surface area contributed by atoms with Gasteiger partial charge in [-0.05, 0) is 126 Å². The van der Waals surface area contributed by atoms with Crippen LogP contribution in [0.2, 0.25) is 0 Å². The molecule has 0 aliphatic heterocycles. The van der Waals surface area contributed by atoms with E-state index in [2.05, 4.69) is 98.8 Å². The number of rotatable bonds is 8. The van der Waals surface area contributed by atoms with Gasteiger partial charge in [-0.1, -0.05) is 112 Å². The second-order valence-corrected chi connectivity index (χ2v) is 13.6. The van der Waals surface area contributed by atoms with Crippen molar-refractivity contribution in [2.24, 2.45) is 11.8 Å². The van der Waals surface area contributed by atoms with Crippen LogP contribution in [0.15, 0.2) is 97.1 Å². The van der Waals surface area contributed by atoms with Crippen LogP contribution in [-0.2, 0) is 6.42 Å². The number of aromatic hydroxyl groups is 2. The highest BCUT2D eigenvalue weighted by atomic mass is 16.3. The highest BCUT2D eigenvalue weighted by Crippen LogP contribution is 2.46. The molecule has 4 aromatic rings. The van der Waals surface area contributed by atoms with Gasteiger partial charge in [0.25, 0.3) is 0 Å². The molecule has 224 valence electrons. The first-order valence-corrected chi connectivity index (χ1v) is 16.7. The van der Waals surface area contributed by atoms with E-state index in [4.69, 9.17) is 0 Å². The summed E-state index contributed by atoms with van der Waals surface area (Å²) in [6.45, 7) is 4.75. The molecule has 2 aliphatic rings. The Morgan fingerprint density at radius 3 is 1.40 bits per heavy atom. The van der Waals surface area contributed by atoms with E-state index in [-0.39, 0.29) is 0 Å². The monoisotopic (exact) mass is 572 g/mol. The molecule has 2 saturated carbocycles. The molecule has 0 heterocycles. The third-order valence-corrected chi connectivity index (χ3v) is 11.0. The lowest BCUT2D eigenvalue weighted by atomic mass is 9.71. The molecular formula is C41H48O2. The summed E-state index contributed by atoms with van der Waals surface area (Å²) in [5, 5.41) is 21.9. The molecule has 43 heavy (non-hydrogen) atoms. The van der Waals surface area contributed by atoms with Crippen molar-refractivity contribution >= 4 is 0 Å². The van der Waals surface area contributed by atoms with Gasteiger partial charge < -0.3 is 10.2 Å². The average molecular weight is 573 g/mol. The van der Waals surface area contributed by atoms with Crippen LogP contribution in [0.4, 0.5) is 0 Å². The van der Waals surface area contributed by atoms with E-state index < -0.39 is 0 Å². The van der Waals surface area contributed by atoms with Crippen LogP contribution < -0.4 is 0 Å². The molecule has 0 saturated heterocycles. The van der Waals surface area contributed by atoms with Gasteiger partial charge in [-0.25, -0.2) is 0 Å². The van der Waals surface area contributed by atoms with Crippen molar-refractivity contribution in [3.8, 4) is 11.5 Å². The van der Waals surface area contributed by atoms with Gasteiger partial charge >= 0.3 is 0 Å². The molecule has 0 bridgehead atoms. The van der Waals surface area contributed by atoms with Crippen LogP contribution in [0.25, 0.3) is 0 Å². The molecule has 2 N–H and O–H groups in total. The summed E-state index contributed by atoms with van der Waals surface area (Å²) in [5.41, 5.74) is 7.56. The lowest BCUT2D eigenvalue weighted by Crippen LogP contribution is -2.19. The Morgan fingerprint density at radius 2 is 0.977 bits per heavy atom. The molecule has 0 spiro atoms. The Labute approximate surface area is 258 Å². The van der Waals surface area contributed by atoms with E-state index in [1.54, 1.807) is 0 Å². The third-order valence-electron chi connectivity index (χ3n) is 11.0. The van der Waals surface area contributed by atoms with Crippen molar-refractivity contribution in [2.45, 2.75) is 95.3 Å². The van der Waals surface area contributed by atoms with E-state index in [1.165, 1.54) is 47.9 Å². The van der Waals surface area contributed by atoms with E-state index in [0.29, 0.717) is 47.0 Å². The Bertz CT molecular complexity index is 1360. The molecule has 0 aromatic heterocycles. The zero-order chi connectivity index (χ0) is 29.8. The summed E-state index contributed by atoms with van der Waals surface area (Å²) in [6, 6.07) is 34.3. The number of hydrogen-bond acceptors (Lipinski definition) is 2. The number of benzene rings is 4. The quantitative estimate of drug-likeness (QED) is 0.220. The zero-order valence-electron chi connectivity index (χ0n) is 26.0. The van der Waals surface area contributed by atoms with Crippen LogP contribution in [0.3, 0.4) is 0 Å². The molecule has 0 amide bonds. The fourth-order valence-corrected chi connectivity index (χ4v) is 8.30. The summed E-state index contributed by atoms with van der Waals surface area (Å²) in [4.78, 5) is 0. The number of phenols is 2. The molecule has 2 aliphatic carbocycles. The summed E-state index contributed by atoms with van der Waals surface area (Å²) in [7, 11) is 0. The van der Waals surface area contributed by atoms with Crippen LogP contribution in [-0.4, -0.2) is 10.2 Å². The SMILES string of the molecule is CC(c1ccccc1)C1CCCC(c2cc(Cc3ccc(O)c(C4CCCC(C(C)c5ccccc5)C4)c3)ccc2O)C1. The van der Waals surface area contributed by atoms with Crippen molar-refractivity contribution in [3.05, 3.63) is 130 Å². The number of phenolic OH excluding ortho intramolecular Hbond substituents is 2. The van der Waals surface area contributed by atoms with E-state index in [0.717, 1.165) is 43.2 Å². The van der Waals surface area contributed by atoms with Crippen LogP contribution in [0.5, 0.6) is 11.5 Å². The van der Waals surface area contributed by atoms with Gasteiger partial charge in [0, 0.05) is 0 Å². The van der Waals surface area contributed by atoms with Gasteiger partial charge in [-0.15, -0.1) is 0 Å². The number of hydrogen-bond donors (Lipinski definition) is 2. The first-order valence-electron chi connectivity index (χ1n) is 16.7. The Balaban J connectivity index is 1.16. The van der Waals surface area contributed by atoms with E-state index in [1.807, 2.05) is 12.1 Å². The molecule has 6 atom stereocenters. The van der Waals surface area contributed by atoms with E-state index in [9.17, 15) is 10.2 Å². The van der Waals surface area contributed by atoms with Gasteiger partial charge in [0.2, 0.25) is 0 Å². The second kappa shape index (κ2) is 13.4. The summed E-state index contributed by atoms with van der Waals surface area (Å²) in [6.07, 6.45) is 10.3. The van der Waals surface area contributed by atoms with Crippen molar-refractivity contribution in [2.75, 3.05) is 0 Å². The van der Waals surface area contributed by atoms with Crippen molar-refractivity contribution in [1.29, 1.82) is 0 Å². The van der Waals surface area contributed by atoms with Gasteiger partial charge in [-0.2, -0.15) is 0 Å². The minimum Gasteiger partial charge on any atom is -0.508 e. The molecular weight excluding hydrogens is 524 g/mol. The lowest BCUT2D eigenvalue weighted by molar-refractivity contribution is 0.282. The lowest BCUT2D eigenvalue weighted by Gasteiger charge is -2.34. The largest absolute Gasteiger partial charge is 0.508 e. The van der Waals surface area contributed by atoms with Gasteiger partial charge in [0.05, 0.1) is 0 Å². The maximum Gasteiger partial charge on any atom is 0.119 e. The predicted octanol–water partition coefficient (Wildman–Crippen LogP) is 10.8. The highest BCUT2D eigenvalue weighted by Gasteiger charge is 2.30. The minimum atomic E-state index is 0.394. The van der Waals surface area contributed by atoms with Crippen LogP contribution in [0, 0.1) is 11.8 Å². The molecule has 2 nitrogen and oxygen atoms in total. The molecule has 0 radical (unpaired) electrons. The molecule has 2 heteroatoms. The summed E-state index contributed by atoms with van der Waals surface area (Å²) in [5.74, 6) is 3.99. The maximum atomic E-state index is 11.0. The normalized spacial score (nSPS) is 23.9. The first-order chi connectivity index (χ1) is 21.0. The maximum absolute atomic E-state index is 11.0. The Kier molecular flexibility index (Phi) is 9.22. The predicted molar refractivity (Wildman–Crippen MR) is 178 cm³/mol. The smallest absolute Gasteiger partial charge is 0.119 e. The van der Waals surface area contributed by atoms with Crippen molar-refractivity contribution in [1.82, 2.24) is 0 Å². The van der Waals surface area contributed by atoms with Gasteiger partial charge in [0.1, 0.15) is 11.5 Å². The van der Waals surface area contributed by atoms with Crippen molar-refractivity contribution in [3.63, 3.8) is 0 Å². The third kappa shape index (κ3) is 6.85. The topological polar surface area (TPSA) is 40.5 Å². The fourth-order valence-electron chi connectivity index (χ4n) is 8.30. The standard InChI is InChI=1S/C41H48O2/c1-28(32-11-5-3-6-12-32)34-15-9-17-36(26-34)38-24-30(19-21-40(38)42)23-31-20-22-41(43)39(25-31)37-18-10-16-35(27-37)29(2)33-13-7-4-8-14-33/h3-8,11-14,19-22,24-25,28-29,34-37,42-43H,9-10,15-18,23,26-27H2,1-2H3. The average Bonchev–Trinajstić information content (AvgIpc) is 3.06. The van der Waals surface area contributed by atoms with Gasteiger partial charge in [0.15, 0.2) is 0 Å². The van der Waals surface area contributed by atoms with Crippen LogP contribution in [0.1, 0.15) is 122 Å².